The number of furan rings is 1. The second-order valence-corrected chi connectivity index (χ2v) is 3.76. The molecule has 0 amide bonds. The van der Waals surface area contributed by atoms with Crippen LogP contribution in [0, 0.1) is 12.7 Å². The standard InChI is InChI=1S/C13H12FNO2/c1-8-6-9(14)2-4-11(8)13(16)12-5-3-10(7-15)17-12/h2-6H,7,15H2,1H3. The zero-order valence-electron chi connectivity index (χ0n) is 9.37. The van der Waals surface area contributed by atoms with Gasteiger partial charge >= 0.3 is 0 Å². The second kappa shape index (κ2) is 4.51. The fourth-order valence-corrected chi connectivity index (χ4v) is 1.62. The van der Waals surface area contributed by atoms with Crippen molar-refractivity contribution < 1.29 is 13.6 Å². The van der Waals surface area contributed by atoms with Gasteiger partial charge < -0.3 is 10.2 Å². The summed E-state index contributed by atoms with van der Waals surface area (Å²) >= 11 is 0. The topological polar surface area (TPSA) is 56.2 Å². The number of benzene rings is 1. The lowest BCUT2D eigenvalue weighted by Gasteiger charge is -2.02. The van der Waals surface area contributed by atoms with Crippen LogP contribution in [-0.2, 0) is 6.54 Å². The summed E-state index contributed by atoms with van der Waals surface area (Å²) in [7, 11) is 0. The quantitative estimate of drug-likeness (QED) is 0.828. The Kier molecular flexibility index (Phi) is 3.06. The van der Waals surface area contributed by atoms with Crippen molar-refractivity contribution in [2.45, 2.75) is 13.5 Å². The number of carbonyl (C=O) groups excluding carboxylic acids is 1. The summed E-state index contributed by atoms with van der Waals surface area (Å²) in [6.45, 7) is 1.93. The largest absolute Gasteiger partial charge is 0.456 e. The van der Waals surface area contributed by atoms with Crippen LogP contribution in [0.2, 0.25) is 0 Å². The van der Waals surface area contributed by atoms with Crippen LogP contribution in [0.25, 0.3) is 0 Å². The van der Waals surface area contributed by atoms with Crippen molar-refractivity contribution in [1.82, 2.24) is 0 Å². The highest BCUT2D eigenvalue weighted by Crippen LogP contribution is 2.17. The first-order chi connectivity index (χ1) is 8.11. The van der Waals surface area contributed by atoms with Gasteiger partial charge in [-0.2, -0.15) is 0 Å². The second-order valence-electron chi connectivity index (χ2n) is 3.76. The Morgan fingerprint density at radius 3 is 2.71 bits per heavy atom. The molecule has 0 saturated heterocycles. The molecule has 0 unspecified atom stereocenters. The van der Waals surface area contributed by atoms with Gasteiger partial charge in [-0.25, -0.2) is 4.39 Å². The van der Waals surface area contributed by atoms with Gasteiger partial charge in [-0.3, -0.25) is 4.79 Å². The van der Waals surface area contributed by atoms with Gasteiger partial charge in [-0.05, 0) is 42.8 Å². The van der Waals surface area contributed by atoms with E-state index in [1.54, 1.807) is 19.1 Å². The first-order valence-corrected chi connectivity index (χ1v) is 5.21. The minimum absolute atomic E-state index is 0.222. The Hall–Kier alpha value is -1.94. The molecule has 0 atom stereocenters. The van der Waals surface area contributed by atoms with Crippen LogP contribution in [0.5, 0.6) is 0 Å². The number of ketones is 1. The third-order valence-corrected chi connectivity index (χ3v) is 2.52. The number of rotatable bonds is 3. The molecule has 1 aromatic heterocycles. The summed E-state index contributed by atoms with van der Waals surface area (Å²) in [5.41, 5.74) is 6.42. The molecule has 0 saturated carbocycles. The fourth-order valence-electron chi connectivity index (χ4n) is 1.62. The van der Waals surface area contributed by atoms with E-state index in [1.807, 2.05) is 0 Å². The van der Waals surface area contributed by atoms with Gasteiger partial charge in [-0.1, -0.05) is 0 Å². The molecular weight excluding hydrogens is 221 g/mol. The third-order valence-electron chi connectivity index (χ3n) is 2.52. The first-order valence-electron chi connectivity index (χ1n) is 5.21. The lowest BCUT2D eigenvalue weighted by molar-refractivity contribution is 0.101. The predicted molar refractivity (Wildman–Crippen MR) is 61.2 cm³/mol. The zero-order valence-corrected chi connectivity index (χ0v) is 9.37. The van der Waals surface area contributed by atoms with Gasteiger partial charge in [0, 0.05) is 5.56 Å². The molecule has 1 heterocycles. The number of carbonyl (C=O) groups is 1. The van der Waals surface area contributed by atoms with E-state index in [2.05, 4.69) is 0 Å². The Bertz CT molecular complexity index is 560. The van der Waals surface area contributed by atoms with Crippen LogP contribution >= 0.6 is 0 Å². The third kappa shape index (κ3) is 2.26. The van der Waals surface area contributed by atoms with E-state index in [1.165, 1.54) is 18.2 Å². The molecule has 2 aromatic rings. The lowest BCUT2D eigenvalue weighted by atomic mass is 10.0. The van der Waals surface area contributed by atoms with Gasteiger partial charge in [0.05, 0.1) is 6.54 Å². The molecule has 0 aliphatic heterocycles. The van der Waals surface area contributed by atoms with Gasteiger partial charge in [0.15, 0.2) is 5.76 Å². The molecule has 2 N–H and O–H groups in total. The molecule has 88 valence electrons. The summed E-state index contributed by atoms with van der Waals surface area (Å²) in [4.78, 5) is 12.1. The summed E-state index contributed by atoms with van der Waals surface area (Å²) in [5.74, 6) is 0.150. The van der Waals surface area contributed by atoms with Gasteiger partial charge in [0.2, 0.25) is 5.78 Å². The van der Waals surface area contributed by atoms with Crippen molar-refractivity contribution in [2.24, 2.45) is 5.73 Å². The van der Waals surface area contributed by atoms with E-state index < -0.39 is 0 Å². The summed E-state index contributed by atoms with van der Waals surface area (Å²) in [6, 6.07) is 7.27. The average Bonchev–Trinajstić information content (AvgIpc) is 2.76. The molecule has 0 aliphatic rings. The maximum Gasteiger partial charge on any atom is 0.228 e. The van der Waals surface area contributed by atoms with Crippen LogP contribution < -0.4 is 5.73 Å². The molecule has 0 fully saturated rings. The summed E-state index contributed by atoms with van der Waals surface area (Å²) < 4.78 is 18.2. The van der Waals surface area contributed by atoms with E-state index in [9.17, 15) is 9.18 Å². The van der Waals surface area contributed by atoms with E-state index in [-0.39, 0.29) is 23.9 Å². The Morgan fingerprint density at radius 2 is 2.12 bits per heavy atom. The SMILES string of the molecule is Cc1cc(F)ccc1C(=O)c1ccc(CN)o1. The number of nitrogens with two attached hydrogens (primary N) is 1. The molecule has 3 nitrogen and oxygen atoms in total. The van der Waals surface area contributed by atoms with Crippen LogP contribution in [-0.4, -0.2) is 5.78 Å². The zero-order chi connectivity index (χ0) is 12.4. The average molecular weight is 233 g/mol. The van der Waals surface area contributed by atoms with E-state index >= 15 is 0 Å². The van der Waals surface area contributed by atoms with Gasteiger partial charge in [-0.15, -0.1) is 0 Å². The van der Waals surface area contributed by atoms with Crippen LogP contribution in [0.4, 0.5) is 4.39 Å². The van der Waals surface area contributed by atoms with E-state index in [0.717, 1.165) is 0 Å². The first kappa shape index (κ1) is 11.5. The highest BCUT2D eigenvalue weighted by Gasteiger charge is 2.15. The van der Waals surface area contributed by atoms with Crippen LogP contribution in [0.3, 0.4) is 0 Å². The summed E-state index contributed by atoms with van der Waals surface area (Å²) in [6.07, 6.45) is 0. The smallest absolute Gasteiger partial charge is 0.228 e. The molecule has 1 aromatic carbocycles. The maximum absolute atomic E-state index is 12.9. The minimum Gasteiger partial charge on any atom is -0.456 e. The van der Waals surface area contributed by atoms with Crippen LogP contribution in [0.1, 0.15) is 27.4 Å². The fraction of sp³-hybridized carbons (Fsp3) is 0.154. The van der Waals surface area contributed by atoms with Crippen LogP contribution in [0.15, 0.2) is 34.7 Å². The number of hydrogen-bond acceptors (Lipinski definition) is 3. The normalized spacial score (nSPS) is 10.5. The molecule has 2 rings (SSSR count). The predicted octanol–water partition coefficient (Wildman–Crippen LogP) is 2.42. The van der Waals surface area contributed by atoms with Crippen molar-refractivity contribution in [1.29, 1.82) is 0 Å². The maximum atomic E-state index is 12.9. The highest BCUT2D eigenvalue weighted by molar-refractivity contribution is 6.08. The van der Waals surface area contributed by atoms with Crippen molar-refractivity contribution in [3.63, 3.8) is 0 Å². The van der Waals surface area contributed by atoms with E-state index in [4.69, 9.17) is 10.2 Å². The molecule has 17 heavy (non-hydrogen) atoms. The molecule has 0 bridgehead atoms. The number of aryl methyl sites for hydroxylation is 1. The van der Waals surface area contributed by atoms with Crippen molar-refractivity contribution in [3.05, 3.63) is 58.8 Å². The van der Waals surface area contributed by atoms with E-state index in [0.29, 0.717) is 16.9 Å². The Labute approximate surface area is 98.0 Å². The minimum atomic E-state index is -0.360. The van der Waals surface area contributed by atoms with Crippen molar-refractivity contribution in [2.75, 3.05) is 0 Å². The number of halogens is 1. The van der Waals surface area contributed by atoms with Crippen molar-refractivity contribution >= 4 is 5.78 Å². The molecule has 0 spiro atoms. The Morgan fingerprint density at radius 1 is 1.35 bits per heavy atom. The van der Waals surface area contributed by atoms with Gasteiger partial charge in [0.25, 0.3) is 0 Å². The summed E-state index contributed by atoms with van der Waals surface area (Å²) in [5, 5.41) is 0. The monoisotopic (exact) mass is 233 g/mol. The van der Waals surface area contributed by atoms with Gasteiger partial charge in [0.1, 0.15) is 11.6 Å². The van der Waals surface area contributed by atoms with Crippen molar-refractivity contribution in [3.8, 4) is 0 Å². The molecule has 0 radical (unpaired) electrons. The Balaban J connectivity index is 2.36. The highest BCUT2D eigenvalue weighted by atomic mass is 19.1. The molecule has 0 aliphatic carbocycles. The molecule has 4 heteroatoms. The number of hydrogen-bond donors (Lipinski definition) is 1. The lowest BCUT2D eigenvalue weighted by Crippen LogP contribution is -2.03. The molecular formula is C13H12FNO2.